The minimum atomic E-state index is 0.788. The molecule has 108 valence electrons. The normalized spacial score (nSPS) is 11.0. The van der Waals surface area contributed by atoms with Gasteiger partial charge in [0.15, 0.2) is 11.5 Å². The van der Waals surface area contributed by atoms with Crippen LogP contribution >= 0.6 is 0 Å². The predicted molar refractivity (Wildman–Crippen MR) is 86.6 cm³/mol. The maximum absolute atomic E-state index is 5.63. The summed E-state index contributed by atoms with van der Waals surface area (Å²) in [7, 11) is 0. The van der Waals surface area contributed by atoms with Crippen molar-refractivity contribution in [1.82, 2.24) is 4.98 Å². The maximum atomic E-state index is 5.63. The molecule has 21 heavy (non-hydrogen) atoms. The molecule has 0 saturated heterocycles. The zero-order valence-corrected chi connectivity index (χ0v) is 12.7. The Labute approximate surface area is 125 Å². The molecule has 3 rings (SSSR count). The van der Waals surface area contributed by atoms with Crippen molar-refractivity contribution in [3.05, 3.63) is 59.0 Å². The third-order valence-corrected chi connectivity index (χ3v) is 3.51. The van der Waals surface area contributed by atoms with Gasteiger partial charge in [-0.2, -0.15) is 0 Å². The van der Waals surface area contributed by atoms with E-state index in [-0.39, 0.29) is 0 Å². The first kappa shape index (κ1) is 13.7. The molecule has 0 bridgehead atoms. The summed E-state index contributed by atoms with van der Waals surface area (Å²) < 4.78 is 5.63. The van der Waals surface area contributed by atoms with Gasteiger partial charge in [0.05, 0.1) is 0 Å². The summed E-state index contributed by atoms with van der Waals surface area (Å²) in [5.41, 5.74) is 6.72. The highest BCUT2D eigenvalue weighted by Crippen LogP contribution is 2.21. The van der Waals surface area contributed by atoms with Gasteiger partial charge >= 0.3 is 0 Å². The molecule has 0 aliphatic rings. The van der Waals surface area contributed by atoms with E-state index in [0.29, 0.717) is 0 Å². The highest BCUT2D eigenvalue weighted by molar-refractivity contribution is 5.77. The van der Waals surface area contributed by atoms with Crippen LogP contribution in [0, 0.1) is 13.8 Å². The summed E-state index contributed by atoms with van der Waals surface area (Å²) in [6.45, 7) is 7.12. The highest BCUT2D eigenvalue weighted by Gasteiger charge is 2.05. The van der Waals surface area contributed by atoms with Gasteiger partial charge in [-0.1, -0.05) is 36.2 Å². The first-order valence-corrected chi connectivity index (χ1v) is 7.34. The molecule has 2 aromatic carbocycles. The van der Waals surface area contributed by atoms with Gasteiger partial charge in [0.2, 0.25) is 0 Å². The van der Waals surface area contributed by atoms with Crippen LogP contribution in [0.15, 0.2) is 40.8 Å². The molecule has 1 N–H and O–H groups in total. The number of anilines is 1. The van der Waals surface area contributed by atoms with Crippen molar-refractivity contribution in [2.24, 2.45) is 0 Å². The Morgan fingerprint density at radius 2 is 1.81 bits per heavy atom. The zero-order valence-electron chi connectivity index (χ0n) is 12.7. The number of aryl methyl sites for hydroxylation is 3. The van der Waals surface area contributed by atoms with E-state index in [1.165, 1.54) is 16.7 Å². The van der Waals surface area contributed by atoms with Gasteiger partial charge in [-0.3, -0.25) is 0 Å². The molecular formula is C18H20N2O. The van der Waals surface area contributed by atoms with E-state index in [9.17, 15) is 0 Å². The van der Waals surface area contributed by atoms with Crippen molar-refractivity contribution >= 4 is 16.8 Å². The monoisotopic (exact) mass is 280 g/mol. The van der Waals surface area contributed by atoms with Gasteiger partial charge in [-0.15, -0.1) is 0 Å². The van der Waals surface area contributed by atoms with Crippen LogP contribution in [0.2, 0.25) is 0 Å². The van der Waals surface area contributed by atoms with Crippen LogP contribution in [-0.4, -0.2) is 4.98 Å². The number of oxazole rings is 1. The summed E-state index contributed by atoms with van der Waals surface area (Å²) in [6.07, 6.45) is 0.819. The molecule has 0 radical (unpaired) electrons. The van der Waals surface area contributed by atoms with Crippen molar-refractivity contribution in [2.75, 3.05) is 5.32 Å². The maximum Gasteiger partial charge on any atom is 0.195 e. The molecule has 1 aromatic heterocycles. The van der Waals surface area contributed by atoms with E-state index in [4.69, 9.17) is 4.42 Å². The molecule has 0 spiro atoms. The van der Waals surface area contributed by atoms with Crippen LogP contribution in [0.3, 0.4) is 0 Å². The first-order valence-electron chi connectivity index (χ1n) is 7.34. The quantitative estimate of drug-likeness (QED) is 0.757. The fourth-order valence-corrected chi connectivity index (χ4v) is 2.61. The lowest BCUT2D eigenvalue weighted by molar-refractivity contribution is 0.538. The number of nitrogens with zero attached hydrogens (tertiary/aromatic N) is 1. The molecule has 3 aromatic rings. The Balaban J connectivity index is 1.78. The predicted octanol–water partition coefficient (Wildman–Crippen LogP) is 4.62. The summed E-state index contributed by atoms with van der Waals surface area (Å²) in [5.74, 6) is 0.788. The Kier molecular flexibility index (Phi) is 3.65. The third kappa shape index (κ3) is 3.07. The minimum absolute atomic E-state index is 0.788. The van der Waals surface area contributed by atoms with Crippen LogP contribution in [0.4, 0.5) is 5.69 Å². The second-order valence-corrected chi connectivity index (χ2v) is 5.49. The topological polar surface area (TPSA) is 38.1 Å². The van der Waals surface area contributed by atoms with Crippen molar-refractivity contribution in [2.45, 2.75) is 33.7 Å². The lowest BCUT2D eigenvalue weighted by Crippen LogP contribution is -2.00. The number of benzene rings is 2. The standard InChI is InChI=1S/C18H20N2O/c1-4-18-20-16-10-15(5-6-17(16)21-18)19-11-14-8-12(2)7-13(3)9-14/h5-10,19H,4,11H2,1-3H3. The van der Waals surface area contributed by atoms with Crippen LogP contribution in [0.5, 0.6) is 0 Å². The van der Waals surface area contributed by atoms with Gasteiger partial charge < -0.3 is 9.73 Å². The van der Waals surface area contributed by atoms with Gasteiger partial charge in [-0.05, 0) is 37.6 Å². The van der Waals surface area contributed by atoms with E-state index in [1.54, 1.807) is 0 Å². The molecule has 3 heteroatoms. The highest BCUT2D eigenvalue weighted by atomic mass is 16.3. The van der Waals surface area contributed by atoms with E-state index in [2.05, 4.69) is 42.3 Å². The molecular weight excluding hydrogens is 260 g/mol. The summed E-state index contributed by atoms with van der Waals surface area (Å²) in [5, 5.41) is 3.45. The summed E-state index contributed by atoms with van der Waals surface area (Å²) in [4.78, 5) is 4.47. The lowest BCUT2D eigenvalue weighted by Gasteiger charge is -2.08. The molecule has 0 aliphatic carbocycles. The fraction of sp³-hybridized carbons (Fsp3) is 0.278. The summed E-state index contributed by atoms with van der Waals surface area (Å²) >= 11 is 0. The van der Waals surface area contributed by atoms with Gasteiger partial charge in [0.25, 0.3) is 0 Å². The molecule has 0 unspecified atom stereocenters. The number of aromatic nitrogens is 1. The fourth-order valence-electron chi connectivity index (χ4n) is 2.61. The lowest BCUT2D eigenvalue weighted by atomic mass is 10.1. The molecule has 0 aliphatic heterocycles. The van der Waals surface area contributed by atoms with E-state index < -0.39 is 0 Å². The van der Waals surface area contributed by atoms with Crippen molar-refractivity contribution in [3.63, 3.8) is 0 Å². The average molecular weight is 280 g/mol. The second kappa shape index (κ2) is 5.60. The molecule has 0 amide bonds. The van der Waals surface area contributed by atoms with E-state index in [1.807, 2.05) is 25.1 Å². The van der Waals surface area contributed by atoms with Gasteiger partial charge in [-0.25, -0.2) is 4.98 Å². The number of hydrogen-bond acceptors (Lipinski definition) is 3. The van der Waals surface area contributed by atoms with Gasteiger partial charge in [0.1, 0.15) is 5.52 Å². The van der Waals surface area contributed by atoms with Crippen LogP contribution in [0.1, 0.15) is 29.5 Å². The summed E-state index contributed by atoms with van der Waals surface area (Å²) in [6, 6.07) is 12.7. The Hall–Kier alpha value is -2.29. The smallest absolute Gasteiger partial charge is 0.195 e. The average Bonchev–Trinajstić information content (AvgIpc) is 2.86. The first-order chi connectivity index (χ1) is 10.1. The Bertz CT molecular complexity index is 754. The molecule has 3 nitrogen and oxygen atoms in total. The van der Waals surface area contributed by atoms with Gasteiger partial charge in [0, 0.05) is 18.7 Å². The molecule has 1 heterocycles. The Morgan fingerprint density at radius 3 is 2.52 bits per heavy atom. The Morgan fingerprint density at radius 1 is 1.05 bits per heavy atom. The number of rotatable bonds is 4. The number of fused-ring (bicyclic) bond motifs is 1. The van der Waals surface area contributed by atoms with Crippen molar-refractivity contribution in [1.29, 1.82) is 0 Å². The zero-order chi connectivity index (χ0) is 14.8. The van der Waals surface area contributed by atoms with Crippen molar-refractivity contribution < 1.29 is 4.42 Å². The third-order valence-electron chi connectivity index (χ3n) is 3.51. The minimum Gasteiger partial charge on any atom is -0.441 e. The molecule has 0 saturated carbocycles. The molecule has 0 atom stereocenters. The van der Waals surface area contributed by atoms with E-state index >= 15 is 0 Å². The van der Waals surface area contributed by atoms with Crippen molar-refractivity contribution in [3.8, 4) is 0 Å². The largest absolute Gasteiger partial charge is 0.441 e. The van der Waals surface area contributed by atoms with Crippen LogP contribution in [0.25, 0.3) is 11.1 Å². The molecule has 0 fully saturated rings. The SMILES string of the molecule is CCc1nc2cc(NCc3cc(C)cc(C)c3)ccc2o1. The van der Waals surface area contributed by atoms with Crippen LogP contribution in [-0.2, 0) is 13.0 Å². The van der Waals surface area contributed by atoms with Crippen LogP contribution < -0.4 is 5.32 Å². The second-order valence-electron chi connectivity index (χ2n) is 5.49. The number of nitrogens with one attached hydrogen (secondary N) is 1. The number of hydrogen-bond donors (Lipinski definition) is 1. The van der Waals surface area contributed by atoms with E-state index in [0.717, 1.165) is 35.6 Å².